The van der Waals surface area contributed by atoms with Gasteiger partial charge < -0.3 is 15.5 Å². The standard InChI is InChI=1S/C17H22N6.CH5N/c1-3-4-16-14-11-13(12-18)5-6-15(14)20-17(23(16)19)22-9-7-21(2)8-10-22;1-2/h3,5-6,11,16H,1,4,7-10,19H2,2H3;2H2,1H3. The molecule has 1 unspecified atom stereocenters. The lowest BCUT2D eigenvalue weighted by molar-refractivity contribution is 0.183. The number of nitrogens with two attached hydrogens (primary N) is 2. The van der Waals surface area contributed by atoms with Crippen LogP contribution in [0.4, 0.5) is 5.69 Å². The highest BCUT2D eigenvalue weighted by atomic mass is 15.5. The van der Waals surface area contributed by atoms with Crippen molar-refractivity contribution >= 4 is 11.6 Å². The Kier molecular flexibility index (Phi) is 6.53. The molecular weight excluding hydrogens is 314 g/mol. The summed E-state index contributed by atoms with van der Waals surface area (Å²) in [6.07, 6.45) is 2.57. The molecule has 2 aliphatic heterocycles. The Balaban J connectivity index is 0.00000109. The number of hydrogen-bond donors (Lipinski definition) is 2. The quantitative estimate of drug-likeness (QED) is 0.619. The molecule has 2 aliphatic rings. The van der Waals surface area contributed by atoms with E-state index >= 15 is 0 Å². The molecule has 0 amide bonds. The van der Waals surface area contributed by atoms with Crippen molar-refractivity contribution in [1.82, 2.24) is 14.8 Å². The van der Waals surface area contributed by atoms with E-state index in [1.807, 2.05) is 18.2 Å². The number of piperazine rings is 1. The van der Waals surface area contributed by atoms with Crippen LogP contribution in [0.15, 0.2) is 35.8 Å². The summed E-state index contributed by atoms with van der Waals surface area (Å²) in [5.74, 6) is 7.21. The highest BCUT2D eigenvalue weighted by molar-refractivity contribution is 5.85. The molecule has 0 aromatic heterocycles. The molecule has 1 saturated heterocycles. The minimum atomic E-state index is -0.0389. The Hall–Kier alpha value is -2.40. The second kappa shape index (κ2) is 8.62. The summed E-state index contributed by atoms with van der Waals surface area (Å²) < 4.78 is 0. The monoisotopic (exact) mass is 341 g/mol. The molecule has 7 heteroatoms. The molecule has 1 fully saturated rings. The number of rotatable bonds is 2. The Labute approximate surface area is 149 Å². The number of nitriles is 1. The summed E-state index contributed by atoms with van der Waals surface area (Å²) in [5.41, 5.74) is 7.01. The zero-order chi connectivity index (χ0) is 18.4. The molecule has 1 aromatic carbocycles. The maximum atomic E-state index is 9.14. The van der Waals surface area contributed by atoms with Crippen LogP contribution < -0.4 is 11.6 Å². The second-order valence-electron chi connectivity index (χ2n) is 6.03. The van der Waals surface area contributed by atoms with Crippen LogP contribution in [0, 0.1) is 11.3 Å². The number of likely N-dealkylation sites (N-methyl/N-ethyl adjacent to an activating group) is 1. The van der Waals surface area contributed by atoms with E-state index in [0.717, 1.165) is 43.4 Å². The maximum absolute atomic E-state index is 9.14. The Morgan fingerprint density at radius 2 is 2.00 bits per heavy atom. The molecule has 4 N–H and O–H groups in total. The molecular formula is C18H27N7. The number of nitrogens with zero attached hydrogens (tertiary/aromatic N) is 5. The van der Waals surface area contributed by atoms with Crippen LogP contribution in [0.25, 0.3) is 0 Å². The van der Waals surface area contributed by atoms with Crippen LogP contribution in [0.3, 0.4) is 0 Å². The lowest BCUT2D eigenvalue weighted by Crippen LogP contribution is -2.56. The van der Waals surface area contributed by atoms with Crippen molar-refractivity contribution in [2.75, 3.05) is 40.3 Å². The summed E-state index contributed by atoms with van der Waals surface area (Å²) >= 11 is 0. The zero-order valence-corrected chi connectivity index (χ0v) is 15.0. The molecule has 1 aromatic rings. The summed E-state index contributed by atoms with van der Waals surface area (Å²) in [6, 6.07) is 7.74. The number of fused-ring (bicyclic) bond motifs is 1. The molecule has 7 nitrogen and oxygen atoms in total. The van der Waals surface area contributed by atoms with Gasteiger partial charge in [0.2, 0.25) is 5.96 Å². The SMILES string of the molecule is C=CCC1c2cc(C#N)ccc2N=C(N2CCN(C)CC2)N1N.CN. The molecule has 0 saturated carbocycles. The van der Waals surface area contributed by atoms with Crippen molar-refractivity contribution in [3.63, 3.8) is 0 Å². The van der Waals surface area contributed by atoms with Gasteiger partial charge in [-0.25, -0.2) is 10.8 Å². The van der Waals surface area contributed by atoms with Gasteiger partial charge in [0, 0.05) is 31.7 Å². The van der Waals surface area contributed by atoms with Gasteiger partial charge in [-0.05, 0) is 38.7 Å². The third-order valence-electron chi connectivity index (χ3n) is 4.48. The van der Waals surface area contributed by atoms with Crippen molar-refractivity contribution in [2.24, 2.45) is 16.6 Å². The molecule has 3 rings (SSSR count). The first-order valence-electron chi connectivity index (χ1n) is 8.43. The van der Waals surface area contributed by atoms with Crippen molar-refractivity contribution in [3.05, 3.63) is 42.0 Å². The van der Waals surface area contributed by atoms with Crippen LogP contribution in [0.2, 0.25) is 0 Å². The number of hydrazine groups is 1. The Morgan fingerprint density at radius 1 is 1.32 bits per heavy atom. The third-order valence-corrected chi connectivity index (χ3v) is 4.48. The first kappa shape index (κ1) is 18.9. The van der Waals surface area contributed by atoms with Gasteiger partial charge in [0.1, 0.15) is 0 Å². The third kappa shape index (κ3) is 3.99. The summed E-state index contributed by atoms with van der Waals surface area (Å²) in [6.45, 7) is 7.67. The van der Waals surface area contributed by atoms with Gasteiger partial charge >= 0.3 is 0 Å². The van der Waals surface area contributed by atoms with Gasteiger partial charge in [-0.3, -0.25) is 5.01 Å². The Bertz CT molecular complexity index is 668. The number of benzene rings is 1. The molecule has 0 bridgehead atoms. The van der Waals surface area contributed by atoms with Crippen LogP contribution in [-0.2, 0) is 0 Å². The van der Waals surface area contributed by atoms with Gasteiger partial charge in [0.15, 0.2) is 0 Å². The molecule has 2 heterocycles. The molecule has 0 aliphatic carbocycles. The lowest BCUT2D eigenvalue weighted by Gasteiger charge is -2.42. The predicted octanol–water partition coefficient (Wildman–Crippen LogP) is 1.17. The van der Waals surface area contributed by atoms with E-state index in [0.29, 0.717) is 12.0 Å². The summed E-state index contributed by atoms with van der Waals surface area (Å²) in [7, 11) is 3.62. The van der Waals surface area contributed by atoms with Crippen LogP contribution in [0.5, 0.6) is 0 Å². The maximum Gasteiger partial charge on any atom is 0.217 e. The highest BCUT2D eigenvalue weighted by Gasteiger charge is 2.31. The fourth-order valence-corrected chi connectivity index (χ4v) is 3.09. The topological polar surface area (TPSA) is 97.9 Å². The van der Waals surface area contributed by atoms with Gasteiger partial charge in [0.25, 0.3) is 0 Å². The molecule has 1 atom stereocenters. The zero-order valence-electron chi connectivity index (χ0n) is 15.0. The summed E-state index contributed by atoms with van der Waals surface area (Å²) in [4.78, 5) is 9.30. The molecule has 134 valence electrons. The van der Waals surface area contributed by atoms with Crippen molar-refractivity contribution in [2.45, 2.75) is 12.5 Å². The fourth-order valence-electron chi connectivity index (χ4n) is 3.09. The first-order chi connectivity index (χ1) is 12.1. The summed E-state index contributed by atoms with van der Waals surface area (Å²) in [5, 5.41) is 10.9. The largest absolute Gasteiger partial charge is 0.339 e. The van der Waals surface area contributed by atoms with E-state index in [1.54, 1.807) is 11.1 Å². The van der Waals surface area contributed by atoms with Crippen molar-refractivity contribution in [1.29, 1.82) is 5.26 Å². The lowest BCUT2D eigenvalue weighted by atomic mass is 9.97. The van der Waals surface area contributed by atoms with E-state index in [2.05, 4.69) is 35.2 Å². The van der Waals surface area contributed by atoms with Gasteiger partial charge in [-0.2, -0.15) is 5.26 Å². The van der Waals surface area contributed by atoms with Gasteiger partial charge in [-0.1, -0.05) is 6.08 Å². The van der Waals surface area contributed by atoms with E-state index in [9.17, 15) is 0 Å². The second-order valence-corrected chi connectivity index (χ2v) is 6.03. The average molecular weight is 341 g/mol. The van der Waals surface area contributed by atoms with Crippen LogP contribution in [-0.4, -0.2) is 61.0 Å². The van der Waals surface area contributed by atoms with Gasteiger partial charge in [-0.15, -0.1) is 6.58 Å². The number of hydrogen-bond acceptors (Lipinski definition) is 7. The minimum absolute atomic E-state index is 0.0389. The minimum Gasteiger partial charge on any atom is -0.339 e. The molecule has 25 heavy (non-hydrogen) atoms. The van der Waals surface area contributed by atoms with E-state index in [1.165, 1.54) is 7.05 Å². The highest BCUT2D eigenvalue weighted by Crippen LogP contribution is 2.36. The fraction of sp³-hybridized carbons (Fsp3) is 0.444. The number of guanidine groups is 1. The smallest absolute Gasteiger partial charge is 0.217 e. The van der Waals surface area contributed by atoms with Gasteiger partial charge in [0.05, 0.1) is 23.4 Å². The first-order valence-corrected chi connectivity index (χ1v) is 8.43. The van der Waals surface area contributed by atoms with E-state index < -0.39 is 0 Å². The molecule has 0 radical (unpaired) electrons. The van der Waals surface area contributed by atoms with Crippen LogP contribution in [0.1, 0.15) is 23.6 Å². The number of aliphatic imine (C=N–C) groups is 1. The van der Waals surface area contributed by atoms with Crippen molar-refractivity contribution in [3.8, 4) is 6.07 Å². The van der Waals surface area contributed by atoms with E-state index in [4.69, 9.17) is 16.1 Å². The average Bonchev–Trinajstić information content (AvgIpc) is 2.66. The van der Waals surface area contributed by atoms with E-state index in [-0.39, 0.29) is 6.04 Å². The van der Waals surface area contributed by atoms with Crippen LogP contribution >= 0.6 is 0 Å². The van der Waals surface area contributed by atoms with Crippen molar-refractivity contribution < 1.29 is 0 Å². The Morgan fingerprint density at radius 3 is 2.60 bits per heavy atom. The molecule has 0 spiro atoms. The predicted molar refractivity (Wildman–Crippen MR) is 101 cm³/mol. The normalized spacial score (nSPS) is 20.0.